The molecule has 1 N–H and O–H groups in total. The number of nitrogens with one attached hydrogen (secondary N) is 1. The number of hydrogen-bond donors (Lipinski definition) is 1. The van der Waals surface area contributed by atoms with Gasteiger partial charge in [-0.2, -0.15) is 0 Å². The maximum atomic E-state index is 5.66. The fourth-order valence-corrected chi connectivity index (χ4v) is 2.31. The van der Waals surface area contributed by atoms with E-state index in [1.165, 1.54) is 11.3 Å². The highest BCUT2D eigenvalue weighted by atomic mass is 16.3. The quantitative estimate of drug-likeness (QED) is 0.848. The molecule has 2 rings (SSSR count). The fourth-order valence-electron chi connectivity index (χ4n) is 2.31. The summed E-state index contributed by atoms with van der Waals surface area (Å²) >= 11 is 0. The van der Waals surface area contributed by atoms with Crippen molar-refractivity contribution < 1.29 is 4.42 Å². The normalized spacial score (nSPS) is 11.1. The Morgan fingerprint density at radius 1 is 1.29 bits per heavy atom. The molecule has 21 heavy (non-hydrogen) atoms. The van der Waals surface area contributed by atoms with Gasteiger partial charge in [-0.05, 0) is 37.6 Å². The van der Waals surface area contributed by atoms with E-state index in [1.54, 1.807) is 0 Å². The average molecular weight is 287 g/mol. The molecule has 0 amide bonds. The van der Waals surface area contributed by atoms with Crippen molar-refractivity contribution >= 4 is 5.69 Å². The summed E-state index contributed by atoms with van der Waals surface area (Å²) in [5.41, 5.74) is 2.40. The van der Waals surface area contributed by atoms with Crippen molar-refractivity contribution in [2.45, 2.75) is 33.9 Å². The highest BCUT2D eigenvalue weighted by Gasteiger charge is 2.10. The van der Waals surface area contributed by atoms with Gasteiger partial charge in [0, 0.05) is 37.2 Å². The predicted octanol–water partition coefficient (Wildman–Crippen LogP) is 3.37. The Morgan fingerprint density at radius 3 is 2.76 bits per heavy atom. The lowest BCUT2D eigenvalue weighted by atomic mass is 10.2. The molecule has 0 spiro atoms. The van der Waals surface area contributed by atoms with Gasteiger partial charge in [0.05, 0.1) is 6.54 Å². The Kier molecular flexibility index (Phi) is 5.39. The molecule has 2 heterocycles. The number of rotatable bonds is 7. The first kappa shape index (κ1) is 15.6. The van der Waals surface area contributed by atoms with Crippen LogP contribution in [0.4, 0.5) is 5.69 Å². The predicted molar refractivity (Wildman–Crippen MR) is 86.3 cm³/mol. The van der Waals surface area contributed by atoms with Gasteiger partial charge < -0.3 is 14.6 Å². The van der Waals surface area contributed by atoms with Crippen molar-refractivity contribution in [3.05, 3.63) is 47.7 Å². The lowest BCUT2D eigenvalue weighted by Crippen LogP contribution is -2.23. The highest BCUT2D eigenvalue weighted by molar-refractivity contribution is 5.51. The highest BCUT2D eigenvalue weighted by Crippen LogP contribution is 2.20. The molecular weight excluding hydrogens is 262 g/mol. The third kappa shape index (κ3) is 4.60. The Bertz CT molecular complexity index is 563. The van der Waals surface area contributed by atoms with Crippen LogP contribution in [0.5, 0.6) is 0 Å². The minimum absolute atomic E-state index is 0.647. The Morgan fingerprint density at radius 2 is 2.10 bits per heavy atom. The van der Waals surface area contributed by atoms with E-state index in [2.05, 4.69) is 42.2 Å². The van der Waals surface area contributed by atoms with E-state index in [-0.39, 0.29) is 0 Å². The summed E-state index contributed by atoms with van der Waals surface area (Å²) in [7, 11) is 2.08. The second-order valence-corrected chi connectivity index (χ2v) is 5.90. The van der Waals surface area contributed by atoms with Crippen LogP contribution in [0.25, 0.3) is 0 Å². The molecule has 0 saturated heterocycles. The molecule has 0 saturated carbocycles. The van der Waals surface area contributed by atoms with Crippen LogP contribution in [-0.4, -0.2) is 18.6 Å². The van der Waals surface area contributed by atoms with Gasteiger partial charge in [-0.3, -0.25) is 4.98 Å². The maximum absolute atomic E-state index is 5.66. The third-order valence-electron chi connectivity index (χ3n) is 3.35. The Labute approximate surface area is 127 Å². The summed E-state index contributed by atoms with van der Waals surface area (Å²) in [4.78, 5) is 6.45. The van der Waals surface area contributed by atoms with Crippen LogP contribution in [0.1, 0.15) is 30.9 Å². The molecule has 0 aliphatic heterocycles. The molecule has 0 bridgehead atoms. The second-order valence-electron chi connectivity index (χ2n) is 5.90. The zero-order valence-corrected chi connectivity index (χ0v) is 13.4. The summed E-state index contributed by atoms with van der Waals surface area (Å²) in [6.07, 6.45) is 3.78. The number of aromatic nitrogens is 1. The molecule has 114 valence electrons. The Hall–Kier alpha value is -1.81. The van der Waals surface area contributed by atoms with Gasteiger partial charge in [-0.25, -0.2) is 0 Å². The summed E-state index contributed by atoms with van der Waals surface area (Å²) in [6, 6.07) is 6.09. The third-order valence-corrected chi connectivity index (χ3v) is 3.35. The molecule has 0 radical (unpaired) electrons. The van der Waals surface area contributed by atoms with Crippen LogP contribution in [0.15, 0.2) is 35.0 Å². The molecule has 2 aromatic heterocycles. The maximum Gasteiger partial charge on any atom is 0.123 e. The first-order valence-corrected chi connectivity index (χ1v) is 7.46. The van der Waals surface area contributed by atoms with Gasteiger partial charge in [-0.1, -0.05) is 13.8 Å². The number of hydrogen-bond acceptors (Lipinski definition) is 4. The molecule has 4 nitrogen and oxygen atoms in total. The lowest BCUT2D eigenvalue weighted by molar-refractivity contribution is 0.481. The minimum Gasteiger partial charge on any atom is -0.464 e. The second kappa shape index (κ2) is 7.27. The van der Waals surface area contributed by atoms with Crippen molar-refractivity contribution in [1.82, 2.24) is 10.3 Å². The molecule has 4 heteroatoms. The summed E-state index contributed by atoms with van der Waals surface area (Å²) < 4.78 is 5.66. The van der Waals surface area contributed by atoms with Crippen LogP contribution >= 0.6 is 0 Å². The molecule has 0 aliphatic carbocycles. The van der Waals surface area contributed by atoms with Gasteiger partial charge in [0.25, 0.3) is 0 Å². The first-order chi connectivity index (χ1) is 10.1. The van der Waals surface area contributed by atoms with Crippen molar-refractivity contribution in [1.29, 1.82) is 0 Å². The largest absolute Gasteiger partial charge is 0.464 e. The van der Waals surface area contributed by atoms with E-state index >= 15 is 0 Å². The number of nitrogens with zero attached hydrogens (tertiary/aromatic N) is 2. The van der Waals surface area contributed by atoms with Gasteiger partial charge >= 0.3 is 0 Å². The summed E-state index contributed by atoms with van der Waals surface area (Å²) in [6.45, 7) is 9.00. The van der Waals surface area contributed by atoms with Gasteiger partial charge in [0.15, 0.2) is 0 Å². The smallest absolute Gasteiger partial charge is 0.123 e. The Balaban J connectivity index is 2.04. The van der Waals surface area contributed by atoms with Crippen molar-refractivity contribution in [2.24, 2.45) is 5.92 Å². The average Bonchev–Trinajstić information content (AvgIpc) is 2.84. The minimum atomic E-state index is 0.647. The fraction of sp³-hybridized carbons (Fsp3) is 0.471. The van der Waals surface area contributed by atoms with Crippen molar-refractivity contribution in [3.63, 3.8) is 0 Å². The van der Waals surface area contributed by atoms with E-state index in [0.717, 1.165) is 31.2 Å². The van der Waals surface area contributed by atoms with Crippen LogP contribution in [-0.2, 0) is 13.1 Å². The molecule has 0 fully saturated rings. The van der Waals surface area contributed by atoms with Crippen LogP contribution in [0, 0.1) is 12.8 Å². The SMILES string of the molecule is Cc1ccc(CN(C)c2ccncc2CNCC(C)C)o1. The van der Waals surface area contributed by atoms with Gasteiger partial charge in [0.1, 0.15) is 11.5 Å². The molecule has 0 atom stereocenters. The number of pyridine rings is 1. The first-order valence-electron chi connectivity index (χ1n) is 7.46. The molecule has 0 aromatic carbocycles. The lowest BCUT2D eigenvalue weighted by Gasteiger charge is -2.21. The number of aryl methyl sites for hydroxylation is 1. The topological polar surface area (TPSA) is 41.3 Å². The number of furan rings is 1. The van der Waals surface area contributed by atoms with Crippen LogP contribution in [0.2, 0.25) is 0 Å². The van der Waals surface area contributed by atoms with E-state index in [0.29, 0.717) is 5.92 Å². The molecule has 0 unspecified atom stereocenters. The molecule has 2 aromatic rings. The molecule has 0 aliphatic rings. The van der Waals surface area contributed by atoms with Crippen molar-refractivity contribution in [3.8, 4) is 0 Å². The van der Waals surface area contributed by atoms with Crippen LogP contribution < -0.4 is 10.2 Å². The van der Waals surface area contributed by atoms with Crippen LogP contribution in [0.3, 0.4) is 0 Å². The van der Waals surface area contributed by atoms with Gasteiger partial charge in [0.2, 0.25) is 0 Å². The molecular formula is C17H25N3O. The zero-order chi connectivity index (χ0) is 15.2. The standard InChI is InChI=1S/C17H25N3O/c1-13(2)9-19-11-15-10-18-8-7-17(15)20(4)12-16-6-5-14(3)21-16/h5-8,10,13,19H,9,11-12H2,1-4H3. The van der Waals surface area contributed by atoms with Gasteiger partial charge in [-0.15, -0.1) is 0 Å². The zero-order valence-electron chi connectivity index (χ0n) is 13.4. The summed E-state index contributed by atoms with van der Waals surface area (Å²) in [5.74, 6) is 2.58. The summed E-state index contributed by atoms with van der Waals surface area (Å²) in [5, 5.41) is 3.47. The number of anilines is 1. The monoisotopic (exact) mass is 287 g/mol. The van der Waals surface area contributed by atoms with Crippen molar-refractivity contribution in [2.75, 3.05) is 18.5 Å². The van der Waals surface area contributed by atoms with E-state index in [1.807, 2.05) is 31.5 Å². The van der Waals surface area contributed by atoms with E-state index in [4.69, 9.17) is 4.42 Å². The van der Waals surface area contributed by atoms with E-state index < -0.39 is 0 Å². The van der Waals surface area contributed by atoms with E-state index in [9.17, 15) is 0 Å².